The summed E-state index contributed by atoms with van der Waals surface area (Å²) in [7, 11) is 1.57. The zero-order valence-corrected chi connectivity index (χ0v) is 13.2. The largest absolute Gasteiger partial charge is 0.418 e. The van der Waals surface area contributed by atoms with Crippen molar-refractivity contribution >= 4 is 11.9 Å². The zero-order valence-electron chi connectivity index (χ0n) is 13.2. The molecule has 0 saturated heterocycles. The summed E-state index contributed by atoms with van der Waals surface area (Å²) in [5, 5.41) is 6.51. The predicted octanol–water partition coefficient (Wildman–Crippen LogP) is 3.73. The van der Waals surface area contributed by atoms with Crippen molar-refractivity contribution in [1.82, 2.24) is 5.16 Å². The summed E-state index contributed by atoms with van der Waals surface area (Å²) in [6.07, 6.45) is -0.627. The van der Waals surface area contributed by atoms with Crippen LogP contribution in [0.25, 0.3) is 0 Å². The molecule has 0 fully saturated rings. The Labute approximate surface area is 129 Å². The van der Waals surface area contributed by atoms with E-state index in [1.165, 1.54) is 0 Å². The molecule has 0 radical (unpaired) electrons. The summed E-state index contributed by atoms with van der Waals surface area (Å²) in [5.74, 6) is 1.44. The monoisotopic (exact) mass is 304 g/mol. The molecule has 1 amide bonds. The fourth-order valence-electron chi connectivity index (χ4n) is 1.99. The van der Waals surface area contributed by atoms with Crippen LogP contribution in [0.1, 0.15) is 32.1 Å². The van der Waals surface area contributed by atoms with Crippen molar-refractivity contribution in [3.8, 4) is 5.75 Å². The fourth-order valence-corrected chi connectivity index (χ4v) is 1.99. The Morgan fingerprint density at radius 3 is 2.55 bits per heavy atom. The average molecular weight is 304 g/mol. The molecule has 118 valence electrons. The minimum absolute atomic E-state index is 0.246. The molecule has 1 heterocycles. The van der Waals surface area contributed by atoms with Crippen LogP contribution >= 0.6 is 0 Å². The lowest BCUT2D eigenvalue weighted by atomic mass is 9.90. The lowest BCUT2D eigenvalue weighted by Gasteiger charge is -2.16. The first kappa shape index (κ1) is 16.0. The van der Waals surface area contributed by atoms with Crippen molar-refractivity contribution in [2.45, 2.75) is 32.8 Å². The Kier molecular flexibility index (Phi) is 4.82. The predicted molar refractivity (Wildman–Crippen MR) is 82.0 cm³/mol. The van der Waals surface area contributed by atoms with Gasteiger partial charge in [0.1, 0.15) is 11.5 Å². The second-order valence-electron chi connectivity index (χ2n) is 5.85. The van der Waals surface area contributed by atoms with E-state index in [1.807, 2.05) is 26.8 Å². The maximum atomic E-state index is 11.9. The average Bonchev–Trinajstić information content (AvgIpc) is 2.83. The summed E-state index contributed by atoms with van der Waals surface area (Å²) in [6, 6.07) is 8.80. The highest BCUT2D eigenvalue weighted by Crippen LogP contribution is 2.31. The molecule has 0 aliphatic heterocycles. The van der Waals surface area contributed by atoms with Gasteiger partial charge in [0.15, 0.2) is 5.82 Å². The molecule has 0 spiro atoms. The van der Waals surface area contributed by atoms with Gasteiger partial charge in [-0.05, 0) is 12.1 Å². The molecule has 2 rings (SSSR count). The van der Waals surface area contributed by atoms with Gasteiger partial charge in [-0.2, -0.15) is 0 Å². The van der Waals surface area contributed by atoms with Gasteiger partial charge >= 0.3 is 6.09 Å². The number of ether oxygens (including phenoxy) is 2. The van der Waals surface area contributed by atoms with Crippen LogP contribution in [0.3, 0.4) is 0 Å². The first-order valence-electron chi connectivity index (χ1n) is 6.93. The maximum absolute atomic E-state index is 11.9. The van der Waals surface area contributed by atoms with Crippen LogP contribution in [0, 0.1) is 0 Å². The Morgan fingerprint density at radius 2 is 1.95 bits per heavy atom. The Morgan fingerprint density at radius 1 is 1.27 bits per heavy atom. The number of anilines is 1. The number of hydrogen-bond donors (Lipinski definition) is 1. The van der Waals surface area contributed by atoms with E-state index >= 15 is 0 Å². The SMILES string of the molecule is COCc1c(NC(=O)Oc2ccccc2)noc1C(C)(C)C. The Balaban J connectivity index is 2.15. The molecule has 6 nitrogen and oxygen atoms in total. The first-order chi connectivity index (χ1) is 10.4. The van der Waals surface area contributed by atoms with Gasteiger partial charge in [-0.25, -0.2) is 4.79 Å². The van der Waals surface area contributed by atoms with E-state index in [-0.39, 0.29) is 12.0 Å². The summed E-state index contributed by atoms with van der Waals surface area (Å²) < 4.78 is 15.7. The molecule has 1 N–H and O–H groups in total. The topological polar surface area (TPSA) is 73.6 Å². The van der Waals surface area contributed by atoms with Crippen LogP contribution < -0.4 is 10.1 Å². The molecule has 0 saturated carbocycles. The van der Waals surface area contributed by atoms with E-state index in [1.54, 1.807) is 31.4 Å². The van der Waals surface area contributed by atoms with Crippen LogP contribution in [0.4, 0.5) is 10.6 Å². The Hall–Kier alpha value is -2.34. The fraction of sp³-hybridized carbons (Fsp3) is 0.375. The van der Waals surface area contributed by atoms with Crippen LogP contribution in [-0.4, -0.2) is 18.4 Å². The number of para-hydroxylation sites is 1. The van der Waals surface area contributed by atoms with Gasteiger partial charge in [-0.15, -0.1) is 0 Å². The summed E-state index contributed by atoms with van der Waals surface area (Å²) in [5.41, 5.74) is 0.462. The van der Waals surface area contributed by atoms with E-state index in [2.05, 4.69) is 10.5 Å². The molecule has 2 aromatic rings. The van der Waals surface area contributed by atoms with Gasteiger partial charge < -0.3 is 14.0 Å². The number of hydrogen-bond acceptors (Lipinski definition) is 5. The number of nitrogens with one attached hydrogen (secondary N) is 1. The van der Waals surface area contributed by atoms with Crippen LogP contribution in [0.2, 0.25) is 0 Å². The number of nitrogens with zero attached hydrogens (tertiary/aromatic N) is 1. The van der Waals surface area contributed by atoms with E-state index in [0.29, 0.717) is 22.9 Å². The van der Waals surface area contributed by atoms with E-state index in [4.69, 9.17) is 14.0 Å². The number of amides is 1. The second-order valence-corrected chi connectivity index (χ2v) is 5.85. The molecule has 1 aromatic carbocycles. The van der Waals surface area contributed by atoms with E-state index in [9.17, 15) is 4.79 Å². The molecule has 0 unspecified atom stereocenters. The molecule has 6 heteroatoms. The molecular weight excluding hydrogens is 284 g/mol. The third kappa shape index (κ3) is 3.85. The maximum Gasteiger partial charge on any atom is 0.418 e. The zero-order chi connectivity index (χ0) is 16.2. The number of methoxy groups -OCH3 is 1. The highest BCUT2D eigenvalue weighted by molar-refractivity contribution is 5.86. The molecule has 1 aromatic heterocycles. The summed E-state index contributed by atoms with van der Waals surface area (Å²) >= 11 is 0. The van der Waals surface area contributed by atoms with Gasteiger partial charge in [-0.3, -0.25) is 5.32 Å². The summed E-state index contributed by atoms with van der Waals surface area (Å²) in [4.78, 5) is 11.9. The number of aromatic nitrogens is 1. The standard InChI is InChI=1S/C16H20N2O4/c1-16(2,3)13-12(10-20-4)14(18-22-13)17-15(19)21-11-8-6-5-7-9-11/h5-9H,10H2,1-4H3,(H,17,18,19). The molecule has 0 aliphatic carbocycles. The van der Waals surface area contributed by atoms with E-state index < -0.39 is 6.09 Å². The van der Waals surface area contributed by atoms with E-state index in [0.717, 1.165) is 0 Å². The second kappa shape index (κ2) is 6.62. The minimum Gasteiger partial charge on any atom is -0.410 e. The lowest BCUT2D eigenvalue weighted by Crippen LogP contribution is -2.19. The van der Waals surface area contributed by atoms with Crippen molar-refractivity contribution in [2.75, 3.05) is 12.4 Å². The third-order valence-electron chi connectivity index (χ3n) is 2.93. The minimum atomic E-state index is -0.627. The van der Waals surface area contributed by atoms with Gasteiger partial charge in [0, 0.05) is 12.5 Å². The van der Waals surface area contributed by atoms with Crippen molar-refractivity contribution < 1.29 is 18.8 Å². The summed E-state index contributed by atoms with van der Waals surface area (Å²) in [6.45, 7) is 6.29. The van der Waals surface area contributed by atoms with Gasteiger partial charge in [0.05, 0.1) is 12.2 Å². The lowest BCUT2D eigenvalue weighted by molar-refractivity contribution is 0.181. The van der Waals surface area contributed by atoms with Gasteiger partial charge in [0.25, 0.3) is 0 Å². The number of benzene rings is 1. The van der Waals surface area contributed by atoms with Crippen molar-refractivity contribution in [2.24, 2.45) is 0 Å². The number of carbonyl (C=O) groups is 1. The molecule has 22 heavy (non-hydrogen) atoms. The van der Waals surface area contributed by atoms with Crippen LogP contribution in [-0.2, 0) is 16.8 Å². The highest BCUT2D eigenvalue weighted by Gasteiger charge is 2.27. The quantitative estimate of drug-likeness (QED) is 0.931. The van der Waals surface area contributed by atoms with Crippen molar-refractivity contribution in [1.29, 1.82) is 0 Å². The molecule has 0 aliphatic rings. The van der Waals surface area contributed by atoms with Crippen molar-refractivity contribution in [3.63, 3.8) is 0 Å². The third-order valence-corrected chi connectivity index (χ3v) is 2.93. The Bertz CT molecular complexity index is 629. The normalized spacial score (nSPS) is 11.3. The molecular formula is C16H20N2O4. The van der Waals surface area contributed by atoms with Crippen LogP contribution in [0.15, 0.2) is 34.9 Å². The molecule has 0 bridgehead atoms. The van der Waals surface area contributed by atoms with Gasteiger partial charge in [0.2, 0.25) is 0 Å². The van der Waals surface area contributed by atoms with Gasteiger partial charge in [-0.1, -0.05) is 44.1 Å². The van der Waals surface area contributed by atoms with Crippen LogP contribution in [0.5, 0.6) is 5.75 Å². The number of rotatable bonds is 4. The number of carbonyl (C=O) groups excluding carboxylic acids is 1. The smallest absolute Gasteiger partial charge is 0.410 e. The molecule has 0 atom stereocenters. The highest BCUT2D eigenvalue weighted by atomic mass is 16.6. The van der Waals surface area contributed by atoms with Crippen molar-refractivity contribution in [3.05, 3.63) is 41.7 Å². The first-order valence-corrected chi connectivity index (χ1v) is 6.93.